The zero-order valence-electron chi connectivity index (χ0n) is 14.1. The molecule has 2 heterocycles. The van der Waals surface area contributed by atoms with Gasteiger partial charge in [0.1, 0.15) is 6.04 Å². The summed E-state index contributed by atoms with van der Waals surface area (Å²) < 4.78 is 23.3. The van der Waals surface area contributed by atoms with Crippen molar-refractivity contribution in [3.8, 4) is 0 Å². The Morgan fingerprint density at radius 3 is 2.54 bits per heavy atom. The summed E-state index contributed by atoms with van der Waals surface area (Å²) in [5, 5.41) is 3.50. The maximum atomic E-state index is 12.8. The first-order chi connectivity index (χ1) is 12.3. The number of nitrogens with zero attached hydrogens (tertiary/aromatic N) is 1. The average molecular weight is 419 g/mol. The van der Waals surface area contributed by atoms with E-state index in [9.17, 15) is 18.0 Å². The molecular weight excluding hydrogens is 399 g/mol. The normalized spacial score (nSPS) is 25.1. The van der Waals surface area contributed by atoms with Gasteiger partial charge in [0, 0.05) is 12.2 Å². The summed E-state index contributed by atoms with van der Waals surface area (Å²) in [6.45, 7) is 0.467. The van der Waals surface area contributed by atoms with Crippen LogP contribution in [0.3, 0.4) is 0 Å². The van der Waals surface area contributed by atoms with Gasteiger partial charge in [-0.25, -0.2) is 8.42 Å². The van der Waals surface area contributed by atoms with Gasteiger partial charge in [-0.1, -0.05) is 23.2 Å². The quantitative estimate of drug-likeness (QED) is 0.817. The molecule has 2 aliphatic heterocycles. The molecule has 0 radical (unpaired) electrons. The van der Waals surface area contributed by atoms with Crippen LogP contribution in [0.1, 0.15) is 25.7 Å². The molecule has 2 unspecified atom stereocenters. The van der Waals surface area contributed by atoms with Crippen LogP contribution in [0.4, 0.5) is 5.69 Å². The van der Waals surface area contributed by atoms with Crippen LogP contribution in [0.5, 0.6) is 0 Å². The molecule has 0 aliphatic carbocycles. The summed E-state index contributed by atoms with van der Waals surface area (Å²) >= 11 is 11.9. The van der Waals surface area contributed by atoms with E-state index in [4.69, 9.17) is 23.2 Å². The molecule has 0 aromatic heterocycles. The van der Waals surface area contributed by atoms with Gasteiger partial charge in [-0.05, 0) is 43.9 Å². The second-order valence-electron chi connectivity index (χ2n) is 6.76. The highest BCUT2D eigenvalue weighted by molar-refractivity contribution is 7.91. The smallest absolute Gasteiger partial charge is 0.247 e. The summed E-state index contributed by atoms with van der Waals surface area (Å²) in [4.78, 5) is 27.1. The Morgan fingerprint density at radius 2 is 1.88 bits per heavy atom. The van der Waals surface area contributed by atoms with Crippen molar-refractivity contribution in [3.05, 3.63) is 28.2 Å². The molecule has 0 bridgehead atoms. The molecule has 2 atom stereocenters. The van der Waals surface area contributed by atoms with E-state index in [1.54, 1.807) is 23.1 Å². The third kappa shape index (κ3) is 4.32. The maximum absolute atomic E-state index is 12.8. The van der Waals surface area contributed by atoms with Crippen molar-refractivity contribution in [2.75, 3.05) is 23.4 Å². The Kier molecular flexibility index (Phi) is 5.79. The Balaban J connectivity index is 1.72. The number of piperidine rings is 1. The average Bonchev–Trinajstić information content (AvgIpc) is 2.97. The molecule has 1 N–H and O–H groups in total. The minimum atomic E-state index is -3.15. The van der Waals surface area contributed by atoms with Gasteiger partial charge in [0.2, 0.25) is 11.8 Å². The number of anilines is 1. The minimum Gasteiger partial charge on any atom is -0.330 e. The minimum absolute atomic E-state index is 0.0391. The van der Waals surface area contributed by atoms with E-state index in [-0.39, 0.29) is 23.3 Å². The molecule has 0 saturated carbocycles. The van der Waals surface area contributed by atoms with Crippen molar-refractivity contribution >= 4 is 50.5 Å². The van der Waals surface area contributed by atoms with Gasteiger partial charge in [-0.2, -0.15) is 0 Å². The molecule has 0 spiro atoms. The fourth-order valence-electron chi connectivity index (χ4n) is 3.49. The molecule has 26 heavy (non-hydrogen) atoms. The van der Waals surface area contributed by atoms with Gasteiger partial charge in [-0.15, -0.1) is 0 Å². The molecule has 2 aliphatic rings. The standard InChI is InChI=1S/C17H20Cl2N2O4S/c18-13-5-4-12(9-14(13)19)20-16(22)15-3-1-2-7-21(15)17(23)11-6-8-26(24,25)10-11/h4-5,9,11,15H,1-3,6-8,10H2,(H,20,22). The number of likely N-dealkylation sites (tertiary alicyclic amines) is 1. The predicted molar refractivity (Wildman–Crippen MR) is 101 cm³/mol. The zero-order valence-corrected chi connectivity index (χ0v) is 16.4. The number of carbonyl (C=O) groups excluding carboxylic acids is 2. The van der Waals surface area contributed by atoms with E-state index in [1.807, 2.05) is 0 Å². The number of halogens is 2. The molecule has 2 amide bonds. The SMILES string of the molecule is O=C(Nc1ccc(Cl)c(Cl)c1)C1CCCCN1C(=O)C1CCS(=O)(=O)C1. The summed E-state index contributed by atoms with van der Waals surface area (Å²) in [7, 11) is -3.15. The van der Waals surface area contributed by atoms with Crippen LogP contribution in [0.15, 0.2) is 18.2 Å². The van der Waals surface area contributed by atoms with Crippen molar-refractivity contribution in [1.82, 2.24) is 4.90 Å². The summed E-state index contributed by atoms with van der Waals surface area (Å²) in [5.41, 5.74) is 0.505. The fourth-order valence-corrected chi connectivity index (χ4v) is 5.52. The summed E-state index contributed by atoms with van der Waals surface area (Å²) in [5.74, 6) is -1.16. The lowest BCUT2D eigenvalue weighted by Crippen LogP contribution is -2.52. The number of rotatable bonds is 3. The molecule has 2 saturated heterocycles. The van der Waals surface area contributed by atoms with Crippen molar-refractivity contribution in [2.24, 2.45) is 5.92 Å². The molecule has 6 nitrogen and oxygen atoms in total. The third-order valence-electron chi connectivity index (χ3n) is 4.86. The highest BCUT2D eigenvalue weighted by atomic mass is 35.5. The van der Waals surface area contributed by atoms with E-state index < -0.39 is 21.8 Å². The number of carbonyl (C=O) groups is 2. The lowest BCUT2D eigenvalue weighted by atomic mass is 9.98. The van der Waals surface area contributed by atoms with Gasteiger partial charge in [0.25, 0.3) is 0 Å². The van der Waals surface area contributed by atoms with E-state index >= 15 is 0 Å². The number of nitrogens with one attached hydrogen (secondary N) is 1. The third-order valence-corrected chi connectivity index (χ3v) is 7.36. The lowest BCUT2D eigenvalue weighted by molar-refractivity contribution is -0.143. The molecule has 1 aromatic rings. The molecule has 1 aromatic carbocycles. The largest absolute Gasteiger partial charge is 0.330 e. The van der Waals surface area contributed by atoms with Crippen LogP contribution in [0.2, 0.25) is 10.0 Å². The molecule has 9 heteroatoms. The number of benzene rings is 1. The van der Waals surface area contributed by atoms with E-state index in [0.717, 1.165) is 12.8 Å². The number of sulfone groups is 1. The molecular formula is C17H20Cl2N2O4S. The van der Waals surface area contributed by atoms with Crippen LogP contribution in [-0.4, -0.2) is 49.2 Å². The summed E-state index contributed by atoms with van der Waals surface area (Å²) in [6, 6.07) is 4.19. The first kappa shape index (κ1) is 19.5. The molecule has 2 fully saturated rings. The van der Waals surface area contributed by atoms with Crippen LogP contribution >= 0.6 is 23.2 Å². The summed E-state index contributed by atoms with van der Waals surface area (Å²) in [6.07, 6.45) is 2.53. The maximum Gasteiger partial charge on any atom is 0.247 e. The Labute approximate surface area is 162 Å². The first-order valence-electron chi connectivity index (χ1n) is 8.54. The number of amides is 2. The number of hydrogen-bond donors (Lipinski definition) is 1. The van der Waals surface area contributed by atoms with Crippen LogP contribution < -0.4 is 5.32 Å². The Morgan fingerprint density at radius 1 is 1.12 bits per heavy atom. The highest BCUT2D eigenvalue weighted by Crippen LogP contribution is 2.28. The fraction of sp³-hybridized carbons (Fsp3) is 0.529. The molecule has 3 rings (SSSR count). The second kappa shape index (κ2) is 7.74. The van der Waals surface area contributed by atoms with Gasteiger partial charge in [0.15, 0.2) is 9.84 Å². The van der Waals surface area contributed by atoms with E-state index in [2.05, 4.69) is 5.32 Å². The van der Waals surface area contributed by atoms with Gasteiger partial charge in [-0.3, -0.25) is 9.59 Å². The van der Waals surface area contributed by atoms with Crippen LogP contribution in [0, 0.1) is 5.92 Å². The zero-order chi connectivity index (χ0) is 18.9. The predicted octanol–water partition coefficient (Wildman–Crippen LogP) is 2.75. The van der Waals surface area contributed by atoms with Gasteiger partial charge >= 0.3 is 0 Å². The number of hydrogen-bond acceptors (Lipinski definition) is 4. The lowest BCUT2D eigenvalue weighted by Gasteiger charge is -2.36. The second-order valence-corrected chi connectivity index (χ2v) is 9.80. The van der Waals surface area contributed by atoms with Crippen molar-refractivity contribution < 1.29 is 18.0 Å². The molecule has 142 valence electrons. The topological polar surface area (TPSA) is 83.6 Å². The van der Waals surface area contributed by atoms with Crippen molar-refractivity contribution in [1.29, 1.82) is 0 Å². The monoisotopic (exact) mass is 418 g/mol. The first-order valence-corrected chi connectivity index (χ1v) is 11.1. The van der Waals surface area contributed by atoms with E-state index in [1.165, 1.54) is 0 Å². The van der Waals surface area contributed by atoms with Gasteiger partial charge < -0.3 is 10.2 Å². The van der Waals surface area contributed by atoms with Crippen LogP contribution in [0.25, 0.3) is 0 Å². The Bertz CT molecular complexity index is 828. The van der Waals surface area contributed by atoms with Crippen molar-refractivity contribution in [2.45, 2.75) is 31.7 Å². The van der Waals surface area contributed by atoms with Gasteiger partial charge in [0.05, 0.1) is 27.5 Å². The highest BCUT2D eigenvalue weighted by Gasteiger charge is 2.40. The van der Waals surface area contributed by atoms with Crippen molar-refractivity contribution in [3.63, 3.8) is 0 Å². The Hall–Kier alpha value is -1.31. The van der Waals surface area contributed by atoms with E-state index in [0.29, 0.717) is 35.1 Å². The van der Waals surface area contributed by atoms with Crippen LogP contribution in [-0.2, 0) is 19.4 Å².